The SMILES string of the molecule is CC(=O)O[C@@H]1CCOc2nc(-c3ccc4c(c3)CN([C@H]3CCC(=O)NC3=O)C4=O)ccc21. The minimum absolute atomic E-state index is 0.216. The second-order valence-electron chi connectivity index (χ2n) is 8.10. The molecule has 0 saturated carbocycles. The molecule has 9 nitrogen and oxygen atoms in total. The standard InChI is InChI=1S/C23H21N3O6/c1-12(27)32-19-8-9-31-22-16(19)4-5-17(24-22)13-2-3-15-14(10-13)11-26(23(15)30)18-6-7-20(28)25-21(18)29/h2-5,10,18-19H,6-9,11H2,1H3,(H,25,28,29)/t18-,19+/m0/s1. The van der Waals surface area contributed by atoms with Gasteiger partial charge in [-0.25, -0.2) is 4.98 Å². The lowest BCUT2D eigenvalue weighted by atomic mass is 10.0. The number of carbonyl (C=O) groups excluding carboxylic acids is 4. The molecule has 164 valence electrons. The van der Waals surface area contributed by atoms with Crippen molar-refractivity contribution in [2.75, 3.05) is 6.61 Å². The van der Waals surface area contributed by atoms with Crippen LogP contribution < -0.4 is 10.1 Å². The summed E-state index contributed by atoms with van der Waals surface area (Å²) in [5.41, 5.74) is 3.55. The zero-order valence-corrected chi connectivity index (χ0v) is 17.4. The van der Waals surface area contributed by atoms with E-state index < -0.39 is 11.9 Å². The molecule has 32 heavy (non-hydrogen) atoms. The van der Waals surface area contributed by atoms with E-state index in [9.17, 15) is 19.2 Å². The number of esters is 1. The third kappa shape index (κ3) is 3.49. The summed E-state index contributed by atoms with van der Waals surface area (Å²) in [5.74, 6) is -0.877. The van der Waals surface area contributed by atoms with Gasteiger partial charge in [-0.3, -0.25) is 24.5 Å². The summed E-state index contributed by atoms with van der Waals surface area (Å²) in [5, 5.41) is 2.31. The first-order valence-corrected chi connectivity index (χ1v) is 10.5. The summed E-state index contributed by atoms with van der Waals surface area (Å²) in [6.45, 7) is 2.08. The summed E-state index contributed by atoms with van der Waals surface area (Å²) in [4.78, 5) is 54.0. The molecule has 1 aromatic carbocycles. The fourth-order valence-electron chi connectivity index (χ4n) is 4.45. The van der Waals surface area contributed by atoms with Crippen LogP contribution in [0.25, 0.3) is 11.3 Å². The van der Waals surface area contributed by atoms with Gasteiger partial charge in [0.25, 0.3) is 5.91 Å². The lowest BCUT2D eigenvalue weighted by Gasteiger charge is -2.29. The van der Waals surface area contributed by atoms with Gasteiger partial charge >= 0.3 is 5.97 Å². The molecule has 2 aromatic rings. The summed E-state index contributed by atoms with van der Waals surface area (Å²) in [6.07, 6.45) is 0.738. The Hall–Kier alpha value is -3.75. The van der Waals surface area contributed by atoms with Crippen LogP contribution in [0, 0.1) is 0 Å². The molecule has 4 heterocycles. The highest BCUT2D eigenvalue weighted by Gasteiger charge is 2.39. The predicted octanol–water partition coefficient (Wildman–Crippen LogP) is 1.90. The Morgan fingerprint density at radius 3 is 2.81 bits per heavy atom. The molecule has 0 spiro atoms. The smallest absolute Gasteiger partial charge is 0.303 e. The number of imide groups is 1. The molecule has 0 unspecified atom stereocenters. The number of benzene rings is 1. The third-order valence-electron chi connectivity index (χ3n) is 5.98. The highest BCUT2D eigenvalue weighted by atomic mass is 16.6. The van der Waals surface area contributed by atoms with Crippen LogP contribution in [-0.2, 0) is 25.7 Å². The van der Waals surface area contributed by atoms with Gasteiger partial charge in [-0.2, -0.15) is 0 Å². The van der Waals surface area contributed by atoms with E-state index in [0.29, 0.717) is 43.1 Å². The Morgan fingerprint density at radius 2 is 2.03 bits per heavy atom. The molecule has 3 amide bonds. The van der Waals surface area contributed by atoms with Gasteiger partial charge < -0.3 is 14.4 Å². The first-order chi connectivity index (χ1) is 15.4. The van der Waals surface area contributed by atoms with E-state index in [4.69, 9.17) is 9.47 Å². The van der Waals surface area contributed by atoms with Crippen molar-refractivity contribution >= 4 is 23.7 Å². The van der Waals surface area contributed by atoms with Gasteiger partial charge in [-0.15, -0.1) is 0 Å². The number of hydrogen-bond acceptors (Lipinski definition) is 7. The number of nitrogens with one attached hydrogen (secondary N) is 1. The molecule has 0 aliphatic carbocycles. The second-order valence-corrected chi connectivity index (χ2v) is 8.10. The highest BCUT2D eigenvalue weighted by molar-refractivity contribution is 6.05. The Labute approximate surface area is 183 Å². The minimum Gasteiger partial charge on any atom is -0.477 e. The summed E-state index contributed by atoms with van der Waals surface area (Å²) >= 11 is 0. The van der Waals surface area contributed by atoms with Crippen LogP contribution in [0.2, 0.25) is 0 Å². The number of ether oxygens (including phenoxy) is 2. The zero-order valence-electron chi connectivity index (χ0n) is 17.4. The average molecular weight is 435 g/mol. The molecule has 5 rings (SSSR count). The minimum atomic E-state index is -0.649. The lowest BCUT2D eigenvalue weighted by Crippen LogP contribution is -2.52. The molecule has 1 N–H and O–H groups in total. The molecule has 1 fully saturated rings. The molecule has 0 radical (unpaired) electrons. The number of nitrogens with zero attached hydrogens (tertiary/aromatic N) is 2. The third-order valence-corrected chi connectivity index (χ3v) is 5.98. The van der Waals surface area contributed by atoms with Gasteiger partial charge in [-0.1, -0.05) is 6.07 Å². The van der Waals surface area contributed by atoms with Crippen LogP contribution in [0.3, 0.4) is 0 Å². The van der Waals surface area contributed by atoms with Crippen molar-refractivity contribution < 1.29 is 28.7 Å². The number of piperidine rings is 1. The van der Waals surface area contributed by atoms with Crippen LogP contribution >= 0.6 is 0 Å². The first-order valence-electron chi connectivity index (χ1n) is 10.5. The number of amides is 3. The fourth-order valence-corrected chi connectivity index (χ4v) is 4.45. The number of carbonyl (C=O) groups is 4. The van der Waals surface area contributed by atoms with Crippen LogP contribution in [0.4, 0.5) is 0 Å². The molecule has 2 atom stereocenters. The van der Waals surface area contributed by atoms with E-state index in [1.165, 1.54) is 11.8 Å². The topological polar surface area (TPSA) is 115 Å². The number of fused-ring (bicyclic) bond motifs is 2. The molecule has 1 saturated heterocycles. The molecule has 3 aliphatic heterocycles. The van der Waals surface area contributed by atoms with Crippen LogP contribution in [0.1, 0.15) is 53.8 Å². The Balaban J connectivity index is 1.40. The molecule has 3 aliphatic rings. The summed E-state index contributed by atoms with van der Waals surface area (Å²) in [6, 6.07) is 8.47. The van der Waals surface area contributed by atoms with E-state index in [-0.39, 0.29) is 30.3 Å². The molecule has 0 bridgehead atoms. The maximum absolute atomic E-state index is 12.9. The van der Waals surface area contributed by atoms with Crippen LogP contribution in [-0.4, -0.2) is 46.2 Å². The van der Waals surface area contributed by atoms with E-state index in [1.54, 1.807) is 6.07 Å². The Bertz CT molecular complexity index is 1160. The Morgan fingerprint density at radius 1 is 1.19 bits per heavy atom. The van der Waals surface area contributed by atoms with Crippen molar-refractivity contribution in [3.8, 4) is 17.1 Å². The normalized spacial score (nSPS) is 22.0. The average Bonchev–Trinajstić information content (AvgIpc) is 3.09. The van der Waals surface area contributed by atoms with E-state index in [0.717, 1.165) is 16.7 Å². The monoisotopic (exact) mass is 435 g/mol. The number of rotatable bonds is 3. The second kappa shape index (κ2) is 7.74. The van der Waals surface area contributed by atoms with Gasteiger partial charge in [-0.05, 0) is 36.2 Å². The van der Waals surface area contributed by atoms with Gasteiger partial charge in [0, 0.05) is 37.4 Å². The molecular formula is C23H21N3O6. The summed E-state index contributed by atoms with van der Waals surface area (Å²) < 4.78 is 11.1. The maximum Gasteiger partial charge on any atom is 0.303 e. The molecule has 9 heteroatoms. The lowest BCUT2D eigenvalue weighted by molar-refractivity contribution is -0.148. The van der Waals surface area contributed by atoms with Crippen LogP contribution in [0.5, 0.6) is 5.88 Å². The van der Waals surface area contributed by atoms with E-state index in [1.807, 2.05) is 24.3 Å². The number of pyridine rings is 1. The summed E-state index contributed by atoms with van der Waals surface area (Å²) in [7, 11) is 0. The zero-order chi connectivity index (χ0) is 22.4. The van der Waals surface area contributed by atoms with Crippen LogP contribution in [0.15, 0.2) is 30.3 Å². The van der Waals surface area contributed by atoms with Gasteiger partial charge in [0.2, 0.25) is 17.7 Å². The van der Waals surface area contributed by atoms with Crippen molar-refractivity contribution in [2.45, 2.75) is 44.9 Å². The van der Waals surface area contributed by atoms with Crippen molar-refractivity contribution in [2.24, 2.45) is 0 Å². The van der Waals surface area contributed by atoms with Gasteiger partial charge in [0.1, 0.15) is 12.1 Å². The van der Waals surface area contributed by atoms with Gasteiger partial charge in [0.05, 0.1) is 17.9 Å². The van der Waals surface area contributed by atoms with Crippen molar-refractivity contribution in [3.05, 3.63) is 47.0 Å². The molecule has 1 aromatic heterocycles. The Kier molecular flexibility index (Phi) is 4.88. The van der Waals surface area contributed by atoms with E-state index in [2.05, 4.69) is 10.3 Å². The fraction of sp³-hybridized carbons (Fsp3) is 0.348. The molecular weight excluding hydrogens is 414 g/mol. The van der Waals surface area contributed by atoms with Crippen molar-refractivity contribution in [1.29, 1.82) is 0 Å². The van der Waals surface area contributed by atoms with E-state index >= 15 is 0 Å². The van der Waals surface area contributed by atoms with Crippen molar-refractivity contribution in [3.63, 3.8) is 0 Å². The van der Waals surface area contributed by atoms with Crippen molar-refractivity contribution in [1.82, 2.24) is 15.2 Å². The van der Waals surface area contributed by atoms with Gasteiger partial charge in [0.15, 0.2) is 0 Å². The number of aromatic nitrogens is 1. The number of hydrogen-bond donors (Lipinski definition) is 1. The first kappa shape index (κ1) is 20.2. The quantitative estimate of drug-likeness (QED) is 0.578. The predicted molar refractivity (Wildman–Crippen MR) is 110 cm³/mol. The largest absolute Gasteiger partial charge is 0.477 e. The highest BCUT2D eigenvalue weighted by Crippen LogP contribution is 2.36. The maximum atomic E-state index is 12.9.